The van der Waals surface area contributed by atoms with Crippen molar-refractivity contribution in [3.05, 3.63) is 0 Å². The van der Waals surface area contributed by atoms with Gasteiger partial charge in [0.15, 0.2) is 0 Å². The molecule has 5 N–H and O–H groups in total. The molecule has 9 nitrogen and oxygen atoms in total. The Labute approximate surface area is 341 Å². The molecule has 8 rings (SSSR count). The van der Waals surface area contributed by atoms with Gasteiger partial charge in [0, 0.05) is 24.7 Å². The molecule has 0 aliphatic heterocycles. The minimum atomic E-state index is -0.800. The smallest absolute Gasteiger partial charge is 0.306 e. The lowest BCUT2D eigenvalue weighted by Crippen LogP contribution is -2.64. The lowest BCUT2D eigenvalue weighted by Gasteiger charge is -2.62. The highest BCUT2D eigenvalue weighted by molar-refractivity contribution is 5.87. The molecular weight excluding hydrogens is 721 g/mol. The van der Waals surface area contributed by atoms with Gasteiger partial charge in [-0.1, -0.05) is 41.5 Å². The second-order valence-electron chi connectivity index (χ2n) is 22.7. The van der Waals surface area contributed by atoms with Gasteiger partial charge in [0.05, 0.1) is 24.4 Å². The van der Waals surface area contributed by atoms with Crippen LogP contribution in [0.2, 0.25) is 0 Å². The number of carboxylic acids is 1. The third kappa shape index (κ3) is 6.53. The summed E-state index contributed by atoms with van der Waals surface area (Å²) in [4.78, 5) is 39.2. The number of carbonyl (C=O) groups is 3. The van der Waals surface area contributed by atoms with E-state index >= 15 is 0 Å². The Morgan fingerprint density at radius 2 is 1.32 bits per heavy atom. The molecule has 0 saturated heterocycles. The van der Waals surface area contributed by atoms with Gasteiger partial charge in [-0.25, -0.2) is 0 Å². The van der Waals surface area contributed by atoms with Crippen LogP contribution < -0.4 is 0 Å². The SMILES string of the molecule is C[C@H](CCC(=O)O[C@@H]1CC(=O)[C@@]2(C)[C@@H](C1)C[C@@H](O)[C@@H]1[C@@H]2C[C@H](O)[C@]2(C)[C@@H]([C@H](C)CCC(=O)O)CC[C@@H]12)[C@H]1CCC2C3CC[C@@H]4C[C@H](O)CC[C@]4(C)C3C[C@H](O)[C@@]21C. The number of carbonyl (C=O) groups excluding carboxylic acids is 2. The first-order valence-electron chi connectivity index (χ1n) is 23.5. The highest BCUT2D eigenvalue weighted by Gasteiger charge is 2.68. The summed E-state index contributed by atoms with van der Waals surface area (Å²) in [6.45, 7) is 13.4. The molecule has 8 saturated carbocycles. The molecule has 0 aromatic rings. The van der Waals surface area contributed by atoms with Crippen molar-refractivity contribution >= 4 is 17.7 Å². The molecule has 0 amide bonds. The van der Waals surface area contributed by atoms with Crippen LogP contribution in [0.5, 0.6) is 0 Å². The van der Waals surface area contributed by atoms with Crippen molar-refractivity contribution in [3.63, 3.8) is 0 Å². The van der Waals surface area contributed by atoms with E-state index in [0.29, 0.717) is 68.1 Å². The van der Waals surface area contributed by atoms with Crippen molar-refractivity contribution in [1.82, 2.24) is 0 Å². The van der Waals surface area contributed by atoms with E-state index in [1.54, 1.807) is 0 Å². The first-order valence-corrected chi connectivity index (χ1v) is 23.5. The maximum atomic E-state index is 14.3. The molecule has 21 atom stereocenters. The lowest BCUT2D eigenvalue weighted by atomic mass is 9.42. The zero-order valence-electron chi connectivity index (χ0n) is 35.9. The quantitative estimate of drug-likeness (QED) is 0.148. The summed E-state index contributed by atoms with van der Waals surface area (Å²) in [6, 6.07) is 0. The number of hydrogen-bond acceptors (Lipinski definition) is 8. The predicted octanol–water partition coefficient (Wildman–Crippen LogP) is 7.59. The van der Waals surface area contributed by atoms with E-state index in [9.17, 15) is 39.9 Å². The summed E-state index contributed by atoms with van der Waals surface area (Å²) in [5, 5.41) is 55.5. The Balaban J connectivity index is 0.877. The zero-order chi connectivity index (χ0) is 41.0. The molecule has 0 aromatic carbocycles. The van der Waals surface area contributed by atoms with E-state index in [2.05, 4.69) is 41.5 Å². The maximum Gasteiger partial charge on any atom is 0.306 e. The van der Waals surface area contributed by atoms with Crippen LogP contribution in [0.1, 0.15) is 157 Å². The van der Waals surface area contributed by atoms with Crippen LogP contribution in [0.3, 0.4) is 0 Å². The van der Waals surface area contributed by atoms with Crippen LogP contribution in [0.4, 0.5) is 0 Å². The van der Waals surface area contributed by atoms with Gasteiger partial charge in [-0.05, 0) is 184 Å². The van der Waals surface area contributed by atoms with Crippen LogP contribution in [0.15, 0.2) is 0 Å². The highest BCUT2D eigenvalue weighted by Crippen LogP contribution is 2.70. The lowest BCUT2D eigenvalue weighted by molar-refractivity contribution is -0.207. The molecule has 57 heavy (non-hydrogen) atoms. The number of aliphatic hydroxyl groups excluding tert-OH is 4. The molecule has 0 spiro atoms. The number of rotatable bonds is 9. The Bertz CT molecular complexity index is 1550. The van der Waals surface area contributed by atoms with Crippen molar-refractivity contribution in [2.24, 2.45) is 92.7 Å². The molecule has 0 aromatic heterocycles. The molecule has 0 bridgehead atoms. The number of Topliss-reactive ketones (excluding diaryl/α,β-unsaturated/α-hetero) is 1. The van der Waals surface area contributed by atoms with E-state index in [1.165, 1.54) is 12.8 Å². The summed E-state index contributed by atoms with van der Waals surface area (Å²) in [5.74, 6) is 1.84. The molecule has 0 heterocycles. The predicted molar refractivity (Wildman–Crippen MR) is 215 cm³/mol. The third-order valence-electron chi connectivity index (χ3n) is 20.8. The maximum absolute atomic E-state index is 14.3. The topological polar surface area (TPSA) is 162 Å². The summed E-state index contributed by atoms with van der Waals surface area (Å²) in [6.07, 6.45) is 11.2. The van der Waals surface area contributed by atoms with Crippen molar-refractivity contribution in [2.75, 3.05) is 0 Å². The number of carboxylic acid groups (broad SMARTS) is 1. The Kier molecular flexibility index (Phi) is 11.2. The van der Waals surface area contributed by atoms with E-state index in [-0.39, 0.29) is 89.1 Å². The van der Waals surface area contributed by atoms with Crippen LogP contribution >= 0.6 is 0 Å². The average Bonchev–Trinajstić information content (AvgIpc) is 3.70. The second kappa shape index (κ2) is 15.1. The summed E-state index contributed by atoms with van der Waals surface area (Å²) < 4.78 is 6.12. The number of aliphatic carboxylic acids is 1. The highest BCUT2D eigenvalue weighted by atomic mass is 16.5. The Morgan fingerprint density at radius 1 is 0.702 bits per heavy atom. The van der Waals surface area contributed by atoms with Gasteiger partial charge in [-0.2, -0.15) is 0 Å². The zero-order valence-corrected chi connectivity index (χ0v) is 35.9. The van der Waals surface area contributed by atoms with Gasteiger partial charge in [0.25, 0.3) is 0 Å². The molecule has 0 radical (unpaired) electrons. The number of ketones is 1. The Hall–Kier alpha value is -1.55. The normalized spacial score (nSPS) is 52.6. The van der Waals surface area contributed by atoms with Gasteiger partial charge in [0.1, 0.15) is 11.9 Å². The van der Waals surface area contributed by atoms with Crippen molar-refractivity contribution in [3.8, 4) is 0 Å². The second-order valence-corrected chi connectivity index (χ2v) is 22.7. The largest absolute Gasteiger partial charge is 0.481 e. The van der Waals surface area contributed by atoms with Gasteiger partial charge in [-0.15, -0.1) is 0 Å². The third-order valence-corrected chi connectivity index (χ3v) is 20.8. The molecule has 9 heteroatoms. The molecule has 8 aliphatic rings. The van der Waals surface area contributed by atoms with Crippen LogP contribution in [0.25, 0.3) is 0 Å². The van der Waals surface area contributed by atoms with E-state index in [1.807, 2.05) is 0 Å². The summed E-state index contributed by atoms with van der Waals surface area (Å²) >= 11 is 0. The fourth-order valence-electron chi connectivity index (χ4n) is 17.6. The van der Waals surface area contributed by atoms with Gasteiger partial charge in [0.2, 0.25) is 0 Å². The fourth-order valence-corrected chi connectivity index (χ4v) is 17.6. The number of hydrogen-bond donors (Lipinski definition) is 5. The summed E-state index contributed by atoms with van der Waals surface area (Å²) in [7, 11) is 0. The number of aliphatic hydroxyl groups is 4. The molecule has 3 unspecified atom stereocenters. The minimum absolute atomic E-state index is 0.0698. The van der Waals surface area contributed by atoms with Crippen LogP contribution in [0, 0.1) is 92.7 Å². The van der Waals surface area contributed by atoms with Crippen molar-refractivity contribution < 1.29 is 44.7 Å². The average molecular weight is 797 g/mol. The minimum Gasteiger partial charge on any atom is -0.481 e. The number of fused-ring (bicyclic) bond motifs is 10. The van der Waals surface area contributed by atoms with Crippen LogP contribution in [-0.2, 0) is 19.1 Å². The van der Waals surface area contributed by atoms with Crippen molar-refractivity contribution in [1.29, 1.82) is 0 Å². The molecule has 8 fully saturated rings. The standard InChI is InChI=1S/C48H76O9/c1-25(7-15-42(54)55)33-12-14-35-44-37(24-41(53)48(33,35)6)46(4)28(21-38(44)50)20-30(22-39(46)51)57-43(56)16-8-26(2)32-11-13-34-31-10-9-27-19-29(49)17-18-45(27,3)36(31)23-40(52)47(32,34)5/h25-38,40-41,44,49-50,52-53H,7-24H2,1-6H3,(H,54,55)/t25-,26-,27-,28+,29-,30+,31?,32-,33-,34?,35+,36?,37+,38-,40+,41+,44+,45+,46+,47-,48-/m1/s1. The van der Waals surface area contributed by atoms with Crippen LogP contribution in [-0.4, -0.2) is 73.8 Å². The van der Waals surface area contributed by atoms with E-state index < -0.39 is 35.1 Å². The van der Waals surface area contributed by atoms with Gasteiger partial charge in [-0.3, -0.25) is 14.4 Å². The van der Waals surface area contributed by atoms with E-state index in [4.69, 9.17) is 4.74 Å². The van der Waals surface area contributed by atoms with Gasteiger partial charge >= 0.3 is 11.9 Å². The summed E-state index contributed by atoms with van der Waals surface area (Å²) in [5.41, 5.74) is -1.08. The first-order chi connectivity index (χ1) is 26.8. The number of ether oxygens (including phenoxy) is 1. The molecular formula is C48H76O9. The number of esters is 1. The molecule has 8 aliphatic carbocycles. The van der Waals surface area contributed by atoms with E-state index in [0.717, 1.165) is 51.4 Å². The first kappa shape index (κ1) is 42.2. The molecule has 322 valence electrons. The Morgan fingerprint density at radius 3 is 1.98 bits per heavy atom. The fraction of sp³-hybridized carbons (Fsp3) is 0.938. The monoisotopic (exact) mass is 797 g/mol. The van der Waals surface area contributed by atoms with Crippen molar-refractivity contribution in [2.45, 2.75) is 188 Å². The van der Waals surface area contributed by atoms with Gasteiger partial charge < -0.3 is 30.3 Å².